The number of carbonyl (C=O) groups is 3. The number of fused-ring (bicyclic) bond motifs is 2. The van der Waals surface area contributed by atoms with Gasteiger partial charge in [0.15, 0.2) is 5.96 Å². The number of nitrogens with two attached hydrogens (primary N) is 3. The van der Waals surface area contributed by atoms with E-state index in [4.69, 9.17) is 28.8 Å². The van der Waals surface area contributed by atoms with Gasteiger partial charge in [-0.15, -0.1) is 0 Å². The normalized spacial score (nSPS) is 20.5. The molecule has 1 aromatic carbocycles. The van der Waals surface area contributed by atoms with E-state index in [9.17, 15) is 14.4 Å². The minimum absolute atomic E-state index is 0.0611. The highest BCUT2D eigenvalue weighted by molar-refractivity contribution is 6.28. The molecule has 10 N–H and O–H groups in total. The molecule has 1 aliphatic rings. The van der Waals surface area contributed by atoms with Crippen LogP contribution in [-0.4, -0.2) is 69.8 Å². The molecule has 39 heavy (non-hydrogen) atoms. The largest absolute Gasteiger partial charge is 0.370 e. The summed E-state index contributed by atoms with van der Waals surface area (Å²) in [5, 5.41) is 11.5. The lowest BCUT2D eigenvalue weighted by molar-refractivity contribution is -0.131. The predicted molar refractivity (Wildman–Crippen MR) is 148 cm³/mol. The summed E-state index contributed by atoms with van der Waals surface area (Å²) < 4.78 is 0. The molecule has 3 rings (SSSR count). The van der Waals surface area contributed by atoms with Gasteiger partial charge in [-0.05, 0) is 49.3 Å². The van der Waals surface area contributed by atoms with Gasteiger partial charge >= 0.3 is 0 Å². The summed E-state index contributed by atoms with van der Waals surface area (Å²) in [4.78, 5) is 55.4. The van der Waals surface area contributed by atoms with Crippen molar-refractivity contribution in [2.24, 2.45) is 22.2 Å². The zero-order valence-electron chi connectivity index (χ0n) is 21.4. The third-order valence-corrected chi connectivity index (χ3v) is 6.12. The van der Waals surface area contributed by atoms with E-state index in [-0.39, 0.29) is 42.5 Å². The highest BCUT2D eigenvalue weighted by Crippen LogP contribution is 2.14. The molecule has 1 aromatic heterocycles. The number of nitrogens with zero attached hydrogens (tertiary/aromatic N) is 4. The number of primary amides is 1. The zero-order chi connectivity index (χ0) is 28.2. The van der Waals surface area contributed by atoms with Gasteiger partial charge in [0.1, 0.15) is 18.1 Å². The van der Waals surface area contributed by atoms with Gasteiger partial charge in [-0.3, -0.25) is 19.4 Å². The van der Waals surface area contributed by atoms with Crippen LogP contribution in [-0.2, 0) is 20.8 Å². The van der Waals surface area contributed by atoms with Crippen molar-refractivity contribution in [1.29, 1.82) is 0 Å². The standard InChI is InChI=1S/C24H34ClN11O3/c25-21-34-23-30-11-5-4-9-15(18(26)37)31-20(39)17(13-14-7-2-1-3-8-14)32-19(38)16(33-24(35-21)36-23)10-6-12-29-22(27)28/h1-3,7-8,15-17H,4-6,9-13H2,(H2,26,37)(H,31,39)(H,32,38)(H4,27,28,29)(H2,30,33,34,35,36)/t15-,16+,17+/m1/s1. The highest BCUT2D eigenvalue weighted by atomic mass is 35.5. The molecule has 0 spiro atoms. The molecule has 1 aliphatic heterocycles. The minimum atomic E-state index is -0.990. The van der Waals surface area contributed by atoms with E-state index in [0.29, 0.717) is 32.2 Å². The first-order valence-electron chi connectivity index (χ1n) is 12.6. The summed E-state index contributed by atoms with van der Waals surface area (Å²) in [7, 11) is 0. The first-order chi connectivity index (χ1) is 18.7. The van der Waals surface area contributed by atoms with Crippen LogP contribution in [0.3, 0.4) is 0 Å². The average molecular weight is 560 g/mol. The summed E-state index contributed by atoms with van der Waals surface area (Å²) in [6, 6.07) is 6.44. The summed E-state index contributed by atoms with van der Waals surface area (Å²) in [5.74, 6) is -1.42. The number of carbonyl (C=O) groups excluding carboxylic acids is 3. The third-order valence-electron chi connectivity index (χ3n) is 5.95. The first kappa shape index (κ1) is 29.4. The van der Waals surface area contributed by atoms with E-state index in [1.165, 1.54) is 0 Å². The fourth-order valence-electron chi connectivity index (χ4n) is 3.98. The topological polar surface area (TPSA) is 228 Å². The summed E-state index contributed by atoms with van der Waals surface area (Å²) in [6.45, 7) is 0.755. The molecule has 2 aromatic rings. The summed E-state index contributed by atoms with van der Waals surface area (Å²) in [5.41, 5.74) is 17.2. The number of nitrogens with one attached hydrogen (secondary N) is 4. The van der Waals surface area contributed by atoms with Crippen molar-refractivity contribution in [3.8, 4) is 0 Å². The number of benzene rings is 1. The highest BCUT2D eigenvalue weighted by Gasteiger charge is 2.29. The van der Waals surface area contributed by atoms with Crippen LogP contribution in [0.2, 0.25) is 5.28 Å². The van der Waals surface area contributed by atoms with Crippen LogP contribution >= 0.6 is 11.6 Å². The van der Waals surface area contributed by atoms with Crippen LogP contribution in [0.25, 0.3) is 0 Å². The maximum atomic E-state index is 13.5. The van der Waals surface area contributed by atoms with E-state index < -0.39 is 35.8 Å². The predicted octanol–water partition coefficient (Wildman–Crippen LogP) is -0.347. The average Bonchev–Trinajstić information content (AvgIpc) is 2.88. The molecule has 2 heterocycles. The number of halogens is 1. The van der Waals surface area contributed by atoms with Crippen LogP contribution in [0, 0.1) is 0 Å². The van der Waals surface area contributed by atoms with E-state index >= 15 is 0 Å². The molecule has 0 fully saturated rings. The van der Waals surface area contributed by atoms with Crippen molar-refractivity contribution in [3.63, 3.8) is 0 Å². The van der Waals surface area contributed by atoms with Gasteiger partial charge in [-0.2, -0.15) is 15.0 Å². The Morgan fingerprint density at radius 1 is 0.949 bits per heavy atom. The van der Waals surface area contributed by atoms with Gasteiger partial charge in [0.2, 0.25) is 34.9 Å². The number of anilines is 2. The SMILES string of the molecule is NC(=O)[C@H]1CCCCNc2nc(Cl)nc(n2)N[C@@H](CCCN=C(N)N)C(=O)N[C@@H](Cc2ccccc2)C(=O)N1. The van der Waals surface area contributed by atoms with Crippen LogP contribution in [0.15, 0.2) is 35.3 Å². The van der Waals surface area contributed by atoms with E-state index in [2.05, 4.69) is 41.2 Å². The molecule has 14 nitrogen and oxygen atoms in total. The number of aromatic nitrogens is 3. The quantitative estimate of drug-likeness (QED) is 0.132. The van der Waals surface area contributed by atoms with Crippen molar-refractivity contribution < 1.29 is 14.4 Å². The van der Waals surface area contributed by atoms with Crippen molar-refractivity contribution in [2.75, 3.05) is 23.7 Å². The van der Waals surface area contributed by atoms with Crippen LogP contribution in [0.1, 0.15) is 37.7 Å². The lowest BCUT2D eigenvalue weighted by atomic mass is 10.0. The third kappa shape index (κ3) is 9.89. The Labute approximate surface area is 231 Å². The maximum Gasteiger partial charge on any atom is 0.243 e. The Morgan fingerprint density at radius 3 is 2.38 bits per heavy atom. The Hall–Kier alpha value is -4.20. The van der Waals surface area contributed by atoms with Gasteiger partial charge in [-0.1, -0.05) is 30.3 Å². The number of rotatable bonds is 7. The number of hydrogen-bond donors (Lipinski definition) is 7. The molecule has 0 saturated carbocycles. The Morgan fingerprint density at radius 2 is 1.67 bits per heavy atom. The van der Waals surface area contributed by atoms with Crippen LogP contribution < -0.4 is 38.5 Å². The number of aliphatic imine (C=N–C) groups is 1. The lowest BCUT2D eigenvalue weighted by Crippen LogP contribution is -2.55. The molecular weight excluding hydrogens is 526 g/mol. The molecule has 15 heteroatoms. The second-order valence-corrected chi connectivity index (χ2v) is 9.37. The molecule has 0 radical (unpaired) electrons. The summed E-state index contributed by atoms with van der Waals surface area (Å²) in [6.07, 6.45) is 2.45. The van der Waals surface area contributed by atoms with Gasteiger partial charge in [0.25, 0.3) is 0 Å². The number of guanidine groups is 1. The number of amides is 3. The van der Waals surface area contributed by atoms with Crippen LogP contribution in [0.5, 0.6) is 0 Å². The Bertz CT molecular complexity index is 1160. The van der Waals surface area contributed by atoms with Gasteiger partial charge in [-0.25, -0.2) is 0 Å². The molecule has 0 unspecified atom stereocenters. The Balaban J connectivity index is 1.92. The van der Waals surface area contributed by atoms with Crippen LogP contribution in [0.4, 0.5) is 11.9 Å². The minimum Gasteiger partial charge on any atom is -0.370 e. The molecule has 210 valence electrons. The fraction of sp³-hybridized carbons (Fsp3) is 0.458. The van der Waals surface area contributed by atoms with E-state index in [1.807, 2.05) is 30.3 Å². The number of hydrogen-bond acceptors (Lipinski definition) is 9. The second-order valence-electron chi connectivity index (χ2n) is 9.03. The maximum absolute atomic E-state index is 13.5. The van der Waals surface area contributed by atoms with Gasteiger partial charge in [0.05, 0.1) is 0 Å². The molecule has 0 aliphatic carbocycles. The monoisotopic (exact) mass is 559 g/mol. The molecule has 3 amide bonds. The first-order valence-corrected chi connectivity index (χ1v) is 13.0. The van der Waals surface area contributed by atoms with Gasteiger partial charge in [0, 0.05) is 19.5 Å². The van der Waals surface area contributed by atoms with Crippen molar-refractivity contribution in [3.05, 3.63) is 41.2 Å². The summed E-state index contributed by atoms with van der Waals surface area (Å²) >= 11 is 6.10. The molecule has 2 bridgehead atoms. The zero-order valence-corrected chi connectivity index (χ0v) is 22.2. The smallest absolute Gasteiger partial charge is 0.243 e. The van der Waals surface area contributed by atoms with E-state index in [1.54, 1.807) is 0 Å². The van der Waals surface area contributed by atoms with Gasteiger partial charge < -0.3 is 38.5 Å². The van der Waals surface area contributed by atoms with Crippen molar-refractivity contribution >= 4 is 47.2 Å². The lowest BCUT2D eigenvalue weighted by Gasteiger charge is -2.25. The molecular formula is C24H34ClN11O3. The second kappa shape index (κ2) is 14.7. The van der Waals surface area contributed by atoms with Crippen molar-refractivity contribution in [1.82, 2.24) is 25.6 Å². The van der Waals surface area contributed by atoms with Crippen molar-refractivity contribution in [2.45, 2.75) is 56.7 Å². The fourth-order valence-corrected chi connectivity index (χ4v) is 4.14. The molecule has 3 atom stereocenters. The Kier molecular flexibility index (Phi) is 11.0. The molecule has 0 saturated heterocycles. The van der Waals surface area contributed by atoms with E-state index in [0.717, 1.165) is 5.56 Å².